The van der Waals surface area contributed by atoms with Crippen molar-refractivity contribution in [3.05, 3.63) is 66.4 Å². The third-order valence-corrected chi connectivity index (χ3v) is 3.17. The molecule has 1 aromatic heterocycles. The summed E-state index contributed by atoms with van der Waals surface area (Å²) in [5, 5.41) is 15.4. The van der Waals surface area contributed by atoms with Crippen LogP contribution in [-0.2, 0) is 0 Å². The molecule has 2 N–H and O–H groups in total. The normalized spacial score (nSPS) is 9.95. The highest BCUT2D eigenvalue weighted by Crippen LogP contribution is 2.25. The lowest BCUT2D eigenvalue weighted by Gasteiger charge is -2.11. The first kappa shape index (κ1) is 13.6. The SMILES string of the molecule is N#Cc1cnc2ccccc2c1NC(=O)Nc1ccccc1. The number of amides is 2. The van der Waals surface area contributed by atoms with Crippen molar-refractivity contribution >= 4 is 28.3 Å². The molecule has 0 aliphatic rings. The van der Waals surface area contributed by atoms with Crippen LogP contribution in [0.4, 0.5) is 16.2 Å². The number of nitrogens with one attached hydrogen (secondary N) is 2. The van der Waals surface area contributed by atoms with E-state index in [4.69, 9.17) is 0 Å². The number of fused-ring (bicyclic) bond motifs is 1. The lowest BCUT2D eigenvalue weighted by Crippen LogP contribution is -2.20. The largest absolute Gasteiger partial charge is 0.323 e. The van der Waals surface area contributed by atoms with Gasteiger partial charge in [0.1, 0.15) is 6.07 Å². The van der Waals surface area contributed by atoms with Crippen molar-refractivity contribution in [2.24, 2.45) is 0 Å². The Hall–Kier alpha value is -3.39. The molecule has 0 unspecified atom stereocenters. The van der Waals surface area contributed by atoms with E-state index in [2.05, 4.69) is 21.7 Å². The number of para-hydroxylation sites is 2. The summed E-state index contributed by atoms with van der Waals surface area (Å²) in [5.74, 6) is 0. The van der Waals surface area contributed by atoms with Gasteiger partial charge in [0.15, 0.2) is 0 Å². The van der Waals surface area contributed by atoms with Gasteiger partial charge in [0.2, 0.25) is 0 Å². The van der Waals surface area contributed by atoms with Crippen molar-refractivity contribution in [3.8, 4) is 6.07 Å². The second kappa shape index (κ2) is 5.94. The molecule has 22 heavy (non-hydrogen) atoms. The Morgan fingerprint density at radius 2 is 1.73 bits per heavy atom. The zero-order valence-electron chi connectivity index (χ0n) is 11.6. The standard InChI is InChI=1S/C17H12N4O/c18-10-12-11-19-15-9-5-4-8-14(15)16(12)21-17(22)20-13-6-2-1-3-7-13/h1-9,11H,(H2,19,20,21,22). The minimum atomic E-state index is -0.404. The molecular weight excluding hydrogens is 276 g/mol. The summed E-state index contributed by atoms with van der Waals surface area (Å²) >= 11 is 0. The molecule has 2 amide bonds. The minimum Gasteiger partial charge on any atom is -0.308 e. The van der Waals surface area contributed by atoms with Crippen molar-refractivity contribution in [1.82, 2.24) is 4.98 Å². The number of benzene rings is 2. The van der Waals surface area contributed by atoms with Gasteiger partial charge in [-0.2, -0.15) is 5.26 Å². The van der Waals surface area contributed by atoms with Crippen molar-refractivity contribution < 1.29 is 4.79 Å². The highest BCUT2D eigenvalue weighted by Gasteiger charge is 2.11. The molecule has 0 bridgehead atoms. The van der Waals surface area contributed by atoms with Crippen LogP contribution in [0.5, 0.6) is 0 Å². The number of nitriles is 1. The predicted molar refractivity (Wildman–Crippen MR) is 85.5 cm³/mol. The zero-order valence-corrected chi connectivity index (χ0v) is 11.6. The van der Waals surface area contributed by atoms with E-state index < -0.39 is 6.03 Å². The summed E-state index contributed by atoms with van der Waals surface area (Å²) < 4.78 is 0. The van der Waals surface area contributed by atoms with Gasteiger partial charge >= 0.3 is 6.03 Å². The summed E-state index contributed by atoms with van der Waals surface area (Å²) in [7, 11) is 0. The lowest BCUT2D eigenvalue weighted by molar-refractivity contribution is 0.262. The molecule has 0 aliphatic heterocycles. The predicted octanol–water partition coefficient (Wildman–Crippen LogP) is 3.75. The van der Waals surface area contributed by atoms with E-state index in [1.807, 2.05) is 42.5 Å². The molecule has 3 aromatic rings. The number of urea groups is 1. The third kappa shape index (κ3) is 2.72. The van der Waals surface area contributed by atoms with Crippen LogP contribution in [0.2, 0.25) is 0 Å². The van der Waals surface area contributed by atoms with E-state index in [1.165, 1.54) is 6.20 Å². The number of aromatic nitrogens is 1. The molecule has 0 saturated carbocycles. The first-order valence-corrected chi connectivity index (χ1v) is 6.69. The van der Waals surface area contributed by atoms with E-state index in [0.717, 1.165) is 10.9 Å². The van der Waals surface area contributed by atoms with Gasteiger partial charge < -0.3 is 10.6 Å². The van der Waals surface area contributed by atoms with Crippen LogP contribution in [0.25, 0.3) is 10.9 Å². The summed E-state index contributed by atoms with van der Waals surface area (Å²) in [6.07, 6.45) is 1.46. The fourth-order valence-electron chi connectivity index (χ4n) is 2.16. The van der Waals surface area contributed by atoms with Crippen LogP contribution in [0.1, 0.15) is 5.56 Å². The van der Waals surface area contributed by atoms with Crippen LogP contribution in [-0.4, -0.2) is 11.0 Å². The van der Waals surface area contributed by atoms with Gasteiger partial charge in [-0.15, -0.1) is 0 Å². The van der Waals surface area contributed by atoms with Crippen molar-refractivity contribution in [2.45, 2.75) is 0 Å². The van der Waals surface area contributed by atoms with Crippen LogP contribution >= 0.6 is 0 Å². The Labute approximate surface area is 127 Å². The summed E-state index contributed by atoms with van der Waals surface area (Å²) in [5.41, 5.74) is 2.18. The molecule has 0 atom stereocenters. The maximum atomic E-state index is 12.1. The number of pyridine rings is 1. The van der Waals surface area contributed by atoms with Gasteiger partial charge in [-0.25, -0.2) is 4.79 Å². The molecule has 5 heteroatoms. The number of anilines is 2. The van der Waals surface area contributed by atoms with Crippen molar-refractivity contribution in [1.29, 1.82) is 5.26 Å². The number of hydrogen-bond acceptors (Lipinski definition) is 3. The van der Waals surface area contributed by atoms with Gasteiger partial charge in [0, 0.05) is 17.3 Å². The Morgan fingerprint density at radius 3 is 2.50 bits per heavy atom. The molecule has 1 heterocycles. The quantitative estimate of drug-likeness (QED) is 0.753. The molecule has 106 valence electrons. The van der Waals surface area contributed by atoms with Gasteiger partial charge in [-0.05, 0) is 18.2 Å². The second-order valence-electron chi connectivity index (χ2n) is 4.62. The third-order valence-electron chi connectivity index (χ3n) is 3.17. The van der Waals surface area contributed by atoms with Crippen LogP contribution in [0.3, 0.4) is 0 Å². The molecule has 0 fully saturated rings. The van der Waals surface area contributed by atoms with Crippen LogP contribution < -0.4 is 10.6 Å². The van der Waals surface area contributed by atoms with Crippen LogP contribution in [0.15, 0.2) is 60.8 Å². The summed E-state index contributed by atoms with van der Waals surface area (Å²) in [4.78, 5) is 16.4. The number of hydrogen-bond donors (Lipinski definition) is 2. The van der Waals surface area contributed by atoms with Gasteiger partial charge in [0.05, 0.1) is 16.8 Å². The van der Waals surface area contributed by atoms with Gasteiger partial charge in [-0.1, -0.05) is 36.4 Å². The maximum absolute atomic E-state index is 12.1. The molecule has 0 radical (unpaired) electrons. The maximum Gasteiger partial charge on any atom is 0.323 e. The van der Waals surface area contributed by atoms with E-state index in [9.17, 15) is 10.1 Å². The first-order valence-electron chi connectivity index (χ1n) is 6.69. The van der Waals surface area contributed by atoms with E-state index in [-0.39, 0.29) is 0 Å². The monoisotopic (exact) mass is 288 g/mol. The summed E-state index contributed by atoms with van der Waals surface area (Å²) in [6, 6.07) is 18.1. The molecule has 0 saturated heterocycles. The Kier molecular flexibility index (Phi) is 3.67. The van der Waals surface area contributed by atoms with E-state index >= 15 is 0 Å². The molecule has 0 aliphatic carbocycles. The second-order valence-corrected chi connectivity index (χ2v) is 4.62. The molecular formula is C17H12N4O. The minimum absolute atomic E-state index is 0.321. The topological polar surface area (TPSA) is 77.8 Å². The number of carbonyl (C=O) groups is 1. The van der Waals surface area contributed by atoms with Crippen molar-refractivity contribution in [2.75, 3.05) is 10.6 Å². The van der Waals surface area contributed by atoms with Crippen LogP contribution in [0, 0.1) is 11.3 Å². The highest BCUT2D eigenvalue weighted by atomic mass is 16.2. The average Bonchev–Trinajstić information content (AvgIpc) is 2.56. The Bertz CT molecular complexity index is 869. The van der Waals surface area contributed by atoms with E-state index in [0.29, 0.717) is 16.9 Å². The molecule has 5 nitrogen and oxygen atoms in total. The Balaban J connectivity index is 1.93. The number of carbonyl (C=O) groups excluding carboxylic acids is 1. The lowest BCUT2D eigenvalue weighted by atomic mass is 10.1. The smallest absolute Gasteiger partial charge is 0.308 e. The van der Waals surface area contributed by atoms with E-state index in [1.54, 1.807) is 12.1 Å². The highest BCUT2D eigenvalue weighted by molar-refractivity contribution is 6.06. The summed E-state index contributed by atoms with van der Waals surface area (Å²) in [6.45, 7) is 0. The Morgan fingerprint density at radius 1 is 1.00 bits per heavy atom. The fourth-order valence-corrected chi connectivity index (χ4v) is 2.16. The first-order chi connectivity index (χ1) is 10.8. The van der Waals surface area contributed by atoms with Crippen molar-refractivity contribution in [3.63, 3.8) is 0 Å². The average molecular weight is 288 g/mol. The van der Waals surface area contributed by atoms with Gasteiger partial charge in [-0.3, -0.25) is 4.98 Å². The number of nitrogens with zero attached hydrogens (tertiary/aromatic N) is 2. The number of rotatable bonds is 2. The molecule has 0 spiro atoms. The zero-order chi connectivity index (χ0) is 15.4. The molecule has 3 rings (SSSR count). The molecule has 2 aromatic carbocycles. The van der Waals surface area contributed by atoms with Gasteiger partial charge in [0.25, 0.3) is 0 Å². The fraction of sp³-hybridized carbons (Fsp3) is 0.